The van der Waals surface area contributed by atoms with Crippen molar-refractivity contribution >= 4 is 14.6 Å². The van der Waals surface area contributed by atoms with Crippen molar-refractivity contribution in [3.63, 3.8) is 0 Å². The molecule has 1 aromatic carbocycles. The van der Waals surface area contributed by atoms with Gasteiger partial charge in [0.25, 0.3) is 0 Å². The van der Waals surface area contributed by atoms with Crippen LogP contribution in [0.1, 0.15) is 23.6 Å². The van der Waals surface area contributed by atoms with Crippen molar-refractivity contribution < 1.29 is 8.85 Å². The van der Waals surface area contributed by atoms with Crippen LogP contribution in [0.4, 0.5) is 0 Å². The standard InChI is InChI=1S/C16H20O2Si/c1-4-5-8-13-19(17-2,18-3)16-12-11-14-9-6-7-10-15(14)16/h4-13,16H,1-3H3. The van der Waals surface area contributed by atoms with E-state index in [1.807, 2.05) is 25.2 Å². The predicted octanol–water partition coefficient (Wildman–Crippen LogP) is 3.74. The Kier molecular flexibility index (Phi) is 4.53. The second kappa shape index (κ2) is 6.15. The Bertz CT molecular complexity index is 513. The molecule has 0 aromatic heterocycles. The average Bonchev–Trinajstić information content (AvgIpc) is 2.89. The van der Waals surface area contributed by atoms with Gasteiger partial charge >= 0.3 is 8.56 Å². The van der Waals surface area contributed by atoms with E-state index in [1.54, 1.807) is 14.2 Å². The zero-order valence-corrected chi connectivity index (χ0v) is 12.7. The molecule has 1 aromatic rings. The maximum atomic E-state index is 5.82. The summed E-state index contributed by atoms with van der Waals surface area (Å²) < 4.78 is 11.6. The fourth-order valence-electron chi connectivity index (χ4n) is 2.48. The van der Waals surface area contributed by atoms with Crippen molar-refractivity contribution in [2.24, 2.45) is 0 Å². The lowest BCUT2D eigenvalue weighted by molar-refractivity contribution is 0.250. The molecule has 3 heteroatoms. The van der Waals surface area contributed by atoms with Gasteiger partial charge < -0.3 is 8.85 Å². The smallest absolute Gasteiger partial charge is 0.376 e. The average molecular weight is 272 g/mol. The molecule has 1 unspecified atom stereocenters. The molecular weight excluding hydrogens is 252 g/mol. The highest BCUT2D eigenvalue weighted by atomic mass is 28.4. The first-order valence-corrected chi connectivity index (χ1v) is 8.42. The van der Waals surface area contributed by atoms with E-state index in [2.05, 4.69) is 42.1 Å². The molecular formula is C16H20O2Si. The monoisotopic (exact) mass is 272 g/mol. The van der Waals surface area contributed by atoms with E-state index in [4.69, 9.17) is 8.85 Å². The lowest BCUT2D eigenvalue weighted by Crippen LogP contribution is -2.44. The Labute approximate surface area is 116 Å². The van der Waals surface area contributed by atoms with Crippen molar-refractivity contribution in [1.29, 1.82) is 0 Å². The number of rotatable bonds is 5. The van der Waals surface area contributed by atoms with E-state index in [0.717, 1.165) is 0 Å². The maximum Gasteiger partial charge on any atom is 0.376 e. The van der Waals surface area contributed by atoms with Crippen molar-refractivity contribution in [1.82, 2.24) is 0 Å². The molecule has 1 atom stereocenters. The second-order valence-electron chi connectivity index (χ2n) is 4.48. The molecule has 1 aliphatic carbocycles. The topological polar surface area (TPSA) is 18.5 Å². The minimum Gasteiger partial charge on any atom is -0.394 e. The highest BCUT2D eigenvalue weighted by Crippen LogP contribution is 2.38. The molecule has 2 rings (SSSR count). The Morgan fingerprint density at radius 1 is 1.11 bits per heavy atom. The van der Waals surface area contributed by atoms with E-state index in [0.29, 0.717) is 0 Å². The summed E-state index contributed by atoms with van der Waals surface area (Å²) in [7, 11) is 1.06. The van der Waals surface area contributed by atoms with Crippen LogP contribution in [0.3, 0.4) is 0 Å². The zero-order chi connectivity index (χ0) is 13.7. The van der Waals surface area contributed by atoms with Gasteiger partial charge in [-0.2, -0.15) is 0 Å². The molecule has 100 valence electrons. The summed E-state index contributed by atoms with van der Waals surface area (Å²) in [5, 5.41) is 0. The molecule has 0 amide bonds. The SMILES string of the molecule is CC=CC=C[Si](OC)(OC)C1C=Cc2ccccc21. The largest absolute Gasteiger partial charge is 0.394 e. The van der Waals surface area contributed by atoms with E-state index in [-0.39, 0.29) is 5.54 Å². The van der Waals surface area contributed by atoms with Gasteiger partial charge in [-0.25, -0.2) is 0 Å². The minimum atomic E-state index is -2.42. The Balaban J connectivity index is 2.39. The summed E-state index contributed by atoms with van der Waals surface area (Å²) in [6.45, 7) is 2.00. The van der Waals surface area contributed by atoms with E-state index in [9.17, 15) is 0 Å². The molecule has 0 heterocycles. The van der Waals surface area contributed by atoms with Crippen molar-refractivity contribution in [2.75, 3.05) is 14.2 Å². The van der Waals surface area contributed by atoms with Crippen LogP contribution in [0, 0.1) is 0 Å². The molecule has 0 saturated carbocycles. The third kappa shape index (κ3) is 2.63. The van der Waals surface area contributed by atoms with Crippen LogP contribution >= 0.6 is 0 Å². The van der Waals surface area contributed by atoms with Crippen LogP contribution in [-0.4, -0.2) is 22.8 Å². The van der Waals surface area contributed by atoms with Crippen molar-refractivity contribution in [3.8, 4) is 0 Å². The van der Waals surface area contributed by atoms with Gasteiger partial charge in [-0.05, 0) is 23.7 Å². The highest BCUT2D eigenvalue weighted by Gasteiger charge is 2.44. The minimum absolute atomic E-state index is 0.209. The number of fused-ring (bicyclic) bond motifs is 1. The summed E-state index contributed by atoms with van der Waals surface area (Å²) in [6.07, 6.45) is 10.4. The Morgan fingerprint density at radius 2 is 1.84 bits per heavy atom. The molecule has 0 spiro atoms. The molecule has 0 radical (unpaired) electrons. The first kappa shape index (κ1) is 14.0. The van der Waals surface area contributed by atoms with Crippen LogP contribution in [0.2, 0.25) is 0 Å². The summed E-state index contributed by atoms with van der Waals surface area (Å²) in [5.41, 5.74) is 4.87. The highest BCUT2D eigenvalue weighted by molar-refractivity contribution is 6.74. The van der Waals surface area contributed by atoms with Crippen LogP contribution in [0.25, 0.3) is 6.08 Å². The number of hydrogen-bond acceptors (Lipinski definition) is 2. The quantitative estimate of drug-likeness (QED) is 0.600. The number of benzene rings is 1. The van der Waals surface area contributed by atoms with Crippen LogP contribution in [0.5, 0.6) is 0 Å². The normalized spacial score (nSPS) is 18.6. The van der Waals surface area contributed by atoms with Gasteiger partial charge in [-0.3, -0.25) is 0 Å². The second-order valence-corrected chi connectivity index (χ2v) is 7.69. The van der Waals surface area contributed by atoms with Crippen LogP contribution in [0.15, 0.2) is 54.3 Å². The summed E-state index contributed by atoms with van der Waals surface area (Å²) in [4.78, 5) is 0. The van der Waals surface area contributed by atoms with Gasteiger partial charge in [-0.1, -0.05) is 54.6 Å². The Hall–Kier alpha value is -1.42. The van der Waals surface area contributed by atoms with Gasteiger partial charge in [0.15, 0.2) is 0 Å². The van der Waals surface area contributed by atoms with E-state index in [1.165, 1.54) is 11.1 Å². The first-order valence-electron chi connectivity index (χ1n) is 6.45. The molecule has 0 aliphatic heterocycles. The number of allylic oxidation sites excluding steroid dienone is 4. The maximum absolute atomic E-state index is 5.82. The van der Waals surface area contributed by atoms with Gasteiger partial charge in [0.05, 0.1) is 5.54 Å². The van der Waals surface area contributed by atoms with E-state index >= 15 is 0 Å². The van der Waals surface area contributed by atoms with Gasteiger partial charge in [0.1, 0.15) is 0 Å². The van der Waals surface area contributed by atoms with Gasteiger partial charge in [0.2, 0.25) is 0 Å². The Morgan fingerprint density at radius 3 is 2.53 bits per heavy atom. The number of hydrogen-bond donors (Lipinski definition) is 0. The third-order valence-electron chi connectivity index (χ3n) is 3.50. The van der Waals surface area contributed by atoms with Crippen molar-refractivity contribution in [3.05, 3.63) is 65.4 Å². The molecule has 0 N–H and O–H groups in total. The summed E-state index contributed by atoms with van der Waals surface area (Å²) >= 11 is 0. The van der Waals surface area contributed by atoms with Crippen molar-refractivity contribution in [2.45, 2.75) is 12.5 Å². The summed E-state index contributed by atoms with van der Waals surface area (Å²) in [6, 6.07) is 8.41. The first-order chi connectivity index (χ1) is 9.27. The fourth-order valence-corrected chi connectivity index (χ4v) is 5.07. The molecule has 0 fully saturated rings. The zero-order valence-electron chi connectivity index (χ0n) is 11.7. The lowest BCUT2D eigenvalue weighted by Gasteiger charge is -2.29. The molecule has 0 bridgehead atoms. The van der Waals surface area contributed by atoms with E-state index < -0.39 is 8.56 Å². The fraction of sp³-hybridized carbons (Fsp3) is 0.250. The summed E-state index contributed by atoms with van der Waals surface area (Å²) in [5.74, 6) is 0. The van der Waals surface area contributed by atoms with Crippen LogP contribution in [-0.2, 0) is 8.85 Å². The predicted molar refractivity (Wildman–Crippen MR) is 81.9 cm³/mol. The molecule has 1 aliphatic rings. The van der Waals surface area contributed by atoms with Gasteiger partial charge in [0, 0.05) is 14.2 Å². The molecule has 0 saturated heterocycles. The van der Waals surface area contributed by atoms with Crippen LogP contribution < -0.4 is 0 Å². The lowest BCUT2D eigenvalue weighted by atomic mass is 10.1. The molecule has 2 nitrogen and oxygen atoms in total. The third-order valence-corrected chi connectivity index (χ3v) is 6.81. The molecule has 19 heavy (non-hydrogen) atoms. The van der Waals surface area contributed by atoms with Gasteiger partial charge in [-0.15, -0.1) is 0 Å².